The minimum Gasteiger partial charge on any atom is -0.478 e. The third-order valence-corrected chi connectivity index (χ3v) is 4.51. The van der Waals surface area contributed by atoms with Crippen LogP contribution in [0.25, 0.3) is 5.52 Å². The number of aromatic nitrogens is 1. The molecule has 1 aliphatic rings. The maximum absolute atomic E-state index is 11.6. The van der Waals surface area contributed by atoms with Gasteiger partial charge < -0.3 is 19.1 Å². The van der Waals surface area contributed by atoms with Crippen LogP contribution in [-0.2, 0) is 4.74 Å². The highest BCUT2D eigenvalue weighted by atomic mass is 16.5. The van der Waals surface area contributed by atoms with Gasteiger partial charge in [0.05, 0.1) is 5.56 Å². The molecule has 0 aliphatic carbocycles. The predicted octanol–water partition coefficient (Wildman–Crippen LogP) is 2.95. The van der Waals surface area contributed by atoms with Gasteiger partial charge in [-0.15, -0.1) is 0 Å². The third kappa shape index (κ3) is 2.46. The molecule has 0 unspecified atom stereocenters. The first-order chi connectivity index (χ1) is 10.6. The number of anilines is 1. The molecule has 0 atom stereocenters. The minimum absolute atomic E-state index is 0.381. The smallest absolute Gasteiger partial charge is 0.336 e. The summed E-state index contributed by atoms with van der Waals surface area (Å²) in [5.74, 6) is 0.125. The van der Waals surface area contributed by atoms with Crippen LogP contribution in [0.5, 0.6) is 0 Å². The molecule has 22 heavy (non-hydrogen) atoms. The van der Waals surface area contributed by atoms with Crippen molar-refractivity contribution < 1.29 is 14.6 Å². The van der Waals surface area contributed by atoms with Gasteiger partial charge in [-0.3, -0.25) is 0 Å². The summed E-state index contributed by atoms with van der Waals surface area (Å²) in [4.78, 5) is 13.9. The van der Waals surface area contributed by atoms with E-state index >= 15 is 0 Å². The number of carboxylic acid groups (broad SMARTS) is 1. The van der Waals surface area contributed by atoms with E-state index in [-0.39, 0.29) is 0 Å². The second-order valence-electron chi connectivity index (χ2n) is 5.74. The van der Waals surface area contributed by atoms with Gasteiger partial charge in [-0.1, -0.05) is 0 Å². The highest BCUT2D eigenvalue weighted by molar-refractivity contribution is 5.93. The number of fused-ring (bicyclic) bond motifs is 1. The molecule has 1 N–H and O–H groups in total. The Balaban J connectivity index is 2.16. The van der Waals surface area contributed by atoms with E-state index in [4.69, 9.17) is 4.74 Å². The first kappa shape index (κ1) is 14.9. The molecule has 118 valence electrons. The van der Waals surface area contributed by atoms with E-state index < -0.39 is 5.97 Å². The number of hydrogen-bond acceptors (Lipinski definition) is 3. The van der Waals surface area contributed by atoms with Crippen molar-refractivity contribution in [2.24, 2.45) is 0 Å². The van der Waals surface area contributed by atoms with Crippen molar-refractivity contribution in [1.29, 1.82) is 0 Å². The number of rotatable bonds is 4. The molecule has 1 saturated heterocycles. The Kier molecular flexibility index (Phi) is 4.07. The van der Waals surface area contributed by atoms with Crippen molar-refractivity contribution in [2.45, 2.75) is 32.7 Å². The molecule has 3 heterocycles. The summed E-state index contributed by atoms with van der Waals surface area (Å²) in [6.07, 6.45) is 3.96. The first-order valence-electron chi connectivity index (χ1n) is 7.81. The molecule has 0 aromatic carbocycles. The summed E-state index contributed by atoms with van der Waals surface area (Å²) in [5.41, 5.74) is 2.12. The molecule has 1 aliphatic heterocycles. The lowest BCUT2D eigenvalue weighted by Gasteiger charge is -2.36. The molecule has 2 aromatic rings. The normalized spacial score (nSPS) is 16.1. The Morgan fingerprint density at radius 1 is 1.45 bits per heavy atom. The lowest BCUT2D eigenvalue weighted by molar-refractivity contribution is 0.0695. The van der Waals surface area contributed by atoms with Gasteiger partial charge in [-0.2, -0.15) is 0 Å². The van der Waals surface area contributed by atoms with Crippen LogP contribution in [0.15, 0.2) is 24.4 Å². The zero-order valence-corrected chi connectivity index (χ0v) is 13.1. The molecule has 0 saturated carbocycles. The Morgan fingerprint density at radius 2 is 2.18 bits per heavy atom. The van der Waals surface area contributed by atoms with E-state index in [1.54, 1.807) is 6.07 Å². The average molecular weight is 302 g/mol. The number of carboxylic acids is 1. The Bertz CT molecular complexity index is 687. The highest BCUT2D eigenvalue weighted by Crippen LogP contribution is 2.30. The standard InChI is InChI=1S/C17H22N2O3/c1-3-18(13-6-9-22-10-7-13)16-12(2)15(17(20)21)11-14-5-4-8-19(14)16/h4-5,8,11,13H,3,6-7,9-10H2,1-2H3,(H,20,21). The van der Waals surface area contributed by atoms with Gasteiger partial charge in [0, 0.05) is 43.1 Å². The Morgan fingerprint density at radius 3 is 2.82 bits per heavy atom. The van der Waals surface area contributed by atoms with Crippen molar-refractivity contribution in [2.75, 3.05) is 24.7 Å². The van der Waals surface area contributed by atoms with Crippen LogP contribution in [0.2, 0.25) is 0 Å². The second-order valence-corrected chi connectivity index (χ2v) is 5.74. The topological polar surface area (TPSA) is 54.2 Å². The number of pyridine rings is 1. The summed E-state index contributed by atoms with van der Waals surface area (Å²) in [6, 6.07) is 6.06. The fourth-order valence-corrected chi connectivity index (χ4v) is 3.42. The van der Waals surface area contributed by atoms with Crippen LogP contribution >= 0.6 is 0 Å². The SMILES string of the molecule is CCN(c1c(C)c(C(=O)O)cc2cccn12)C1CCOCC1. The quantitative estimate of drug-likeness (QED) is 0.943. The van der Waals surface area contributed by atoms with Crippen molar-refractivity contribution in [3.63, 3.8) is 0 Å². The lowest BCUT2D eigenvalue weighted by atomic mass is 10.0. The largest absolute Gasteiger partial charge is 0.478 e. The van der Waals surface area contributed by atoms with Crippen LogP contribution in [0.1, 0.15) is 35.7 Å². The van der Waals surface area contributed by atoms with Gasteiger partial charge in [0.25, 0.3) is 0 Å². The average Bonchev–Trinajstić information content (AvgIpc) is 2.98. The summed E-state index contributed by atoms with van der Waals surface area (Å²) < 4.78 is 7.57. The lowest BCUT2D eigenvalue weighted by Crippen LogP contribution is -2.41. The van der Waals surface area contributed by atoms with Crippen LogP contribution in [0, 0.1) is 6.92 Å². The van der Waals surface area contributed by atoms with Gasteiger partial charge in [-0.05, 0) is 44.9 Å². The number of carbonyl (C=O) groups is 1. The molecular formula is C17H22N2O3. The van der Waals surface area contributed by atoms with Crippen molar-refractivity contribution in [1.82, 2.24) is 4.40 Å². The van der Waals surface area contributed by atoms with Gasteiger partial charge >= 0.3 is 5.97 Å². The third-order valence-electron chi connectivity index (χ3n) is 4.51. The van der Waals surface area contributed by atoms with E-state index in [1.807, 2.05) is 25.3 Å². The highest BCUT2D eigenvalue weighted by Gasteiger charge is 2.25. The number of ether oxygens (including phenoxy) is 1. The monoisotopic (exact) mass is 302 g/mol. The van der Waals surface area contributed by atoms with Gasteiger partial charge in [-0.25, -0.2) is 4.79 Å². The van der Waals surface area contributed by atoms with Crippen LogP contribution < -0.4 is 4.90 Å². The van der Waals surface area contributed by atoms with Crippen molar-refractivity contribution >= 4 is 17.3 Å². The fraction of sp³-hybridized carbons (Fsp3) is 0.471. The van der Waals surface area contributed by atoms with Gasteiger partial charge in [0.15, 0.2) is 0 Å². The predicted molar refractivity (Wildman–Crippen MR) is 86.0 cm³/mol. The van der Waals surface area contributed by atoms with E-state index in [0.29, 0.717) is 11.6 Å². The Labute approximate surface area is 130 Å². The molecule has 1 fully saturated rings. The fourth-order valence-electron chi connectivity index (χ4n) is 3.42. The summed E-state index contributed by atoms with van der Waals surface area (Å²) in [5, 5.41) is 9.50. The van der Waals surface area contributed by atoms with Crippen LogP contribution in [0.4, 0.5) is 5.82 Å². The molecule has 3 rings (SSSR count). The van der Waals surface area contributed by atoms with Crippen LogP contribution in [-0.4, -0.2) is 41.3 Å². The molecule has 0 amide bonds. The molecule has 5 heteroatoms. The van der Waals surface area contributed by atoms with E-state index in [2.05, 4.69) is 16.2 Å². The molecule has 5 nitrogen and oxygen atoms in total. The second kappa shape index (κ2) is 6.01. The molecule has 0 spiro atoms. The maximum Gasteiger partial charge on any atom is 0.336 e. The summed E-state index contributed by atoms with van der Waals surface area (Å²) in [7, 11) is 0. The van der Waals surface area contributed by atoms with Crippen molar-refractivity contribution in [3.05, 3.63) is 35.5 Å². The van der Waals surface area contributed by atoms with Gasteiger partial charge in [0.2, 0.25) is 0 Å². The Hall–Kier alpha value is -2.01. The maximum atomic E-state index is 11.6. The molecule has 2 aromatic heterocycles. The minimum atomic E-state index is -0.870. The first-order valence-corrected chi connectivity index (χ1v) is 7.81. The number of aromatic carboxylic acids is 1. The van der Waals surface area contributed by atoms with Crippen LogP contribution in [0.3, 0.4) is 0 Å². The molecular weight excluding hydrogens is 280 g/mol. The number of hydrogen-bond donors (Lipinski definition) is 1. The van der Waals surface area contributed by atoms with E-state index in [1.165, 1.54) is 0 Å². The van der Waals surface area contributed by atoms with E-state index in [9.17, 15) is 9.90 Å². The van der Waals surface area contributed by atoms with E-state index in [0.717, 1.165) is 49.5 Å². The molecule has 0 radical (unpaired) electrons. The summed E-state index contributed by atoms with van der Waals surface area (Å²) >= 11 is 0. The number of nitrogens with zero attached hydrogens (tertiary/aromatic N) is 2. The van der Waals surface area contributed by atoms with Gasteiger partial charge in [0.1, 0.15) is 5.82 Å². The van der Waals surface area contributed by atoms with Crippen molar-refractivity contribution in [3.8, 4) is 0 Å². The zero-order valence-electron chi connectivity index (χ0n) is 13.1. The zero-order chi connectivity index (χ0) is 15.7. The molecule has 0 bridgehead atoms. The summed E-state index contributed by atoms with van der Waals surface area (Å²) in [6.45, 7) is 6.42.